The largest absolute Gasteiger partial charge is 0.481 e. The fourth-order valence-electron chi connectivity index (χ4n) is 2.51. The summed E-state index contributed by atoms with van der Waals surface area (Å²) in [5.41, 5.74) is -1.22. The van der Waals surface area contributed by atoms with E-state index in [0.717, 1.165) is 6.07 Å². The van der Waals surface area contributed by atoms with Crippen LogP contribution in [0.4, 0.5) is 13.2 Å². The Morgan fingerprint density at radius 3 is 2.67 bits per heavy atom. The SMILES string of the molecule is CC1(C(=O)O)CCN(Cc2ccc(Cl)c(C(F)(F)F)c2)C1. The minimum absolute atomic E-state index is 0.281. The van der Waals surface area contributed by atoms with Gasteiger partial charge in [0.05, 0.1) is 16.0 Å². The molecule has 21 heavy (non-hydrogen) atoms. The Morgan fingerprint density at radius 2 is 2.14 bits per heavy atom. The van der Waals surface area contributed by atoms with E-state index in [1.165, 1.54) is 12.1 Å². The van der Waals surface area contributed by atoms with Crippen molar-refractivity contribution in [3.63, 3.8) is 0 Å². The summed E-state index contributed by atoms with van der Waals surface area (Å²) in [7, 11) is 0. The maximum absolute atomic E-state index is 12.8. The normalized spacial score (nSPS) is 23.5. The van der Waals surface area contributed by atoms with E-state index in [-0.39, 0.29) is 11.6 Å². The minimum Gasteiger partial charge on any atom is -0.481 e. The number of alkyl halides is 3. The van der Waals surface area contributed by atoms with Crippen molar-refractivity contribution < 1.29 is 23.1 Å². The van der Waals surface area contributed by atoms with Crippen LogP contribution in [0, 0.1) is 5.41 Å². The van der Waals surface area contributed by atoms with Gasteiger partial charge in [0, 0.05) is 13.1 Å². The monoisotopic (exact) mass is 321 g/mol. The zero-order chi connectivity index (χ0) is 15.8. The molecule has 1 aromatic carbocycles. The van der Waals surface area contributed by atoms with Crippen LogP contribution >= 0.6 is 11.6 Å². The third-order valence-electron chi connectivity index (χ3n) is 3.81. The highest BCUT2D eigenvalue weighted by Crippen LogP contribution is 2.36. The second-order valence-corrected chi connectivity index (χ2v) is 6.05. The van der Waals surface area contributed by atoms with E-state index in [2.05, 4.69) is 0 Å². The van der Waals surface area contributed by atoms with Gasteiger partial charge in [0.2, 0.25) is 0 Å². The van der Waals surface area contributed by atoms with Gasteiger partial charge in [-0.1, -0.05) is 17.7 Å². The number of carboxylic acids is 1. The maximum atomic E-state index is 12.8. The van der Waals surface area contributed by atoms with E-state index < -0.39 is 23.1 Å². The molecular formula is C14H15ClF3NO2. The van der Waals surface area contributed by atoms with Crippen LogP contribution in [-0.2, 0) is 17.5 Å². The van der Waals surface area contributed by atoms with Gasteiger partial charge in [0.25, 0.3) is 0 Å². The summed E-state index contributed by atoms with van der Waals surface area (Å²) in [6, 6.07) is 3.79. The molecule has 1 atom stereocenters. The van der Waals surface area contributed by atoms with Crippen LogP contribution in [0.25, 0.3) is 0 Å². The smallest absolute Gasteiger partial charge is 0.417 e. The van der Waals surface area contributed by atoms with Crippen molar-refractivity contribution in [1.82, 2.24) is 4.90 Å². The maximum Gasteiger partial charge on any atom is 0.417 e. The standard InChI is InChI=1S/C14H15ClF3NO2/c1-13(12(20)21)4-5-19(8-13)7-9-2-3-11(15)10(6-9)14(16,17)18/h2-3,6H,4-5,7-8H2,1H3,(H,20,21). The lowest BCUT2D eigenvalue weighted by Gasteiger charge is -2.20. The first-order valence-corrected chi connectivity index (χ1v) is 6.81. The Kier molecular flexibility index (Phi) is 4.22. The summed E-state index contributed by atoms with van der Waals surface area (Å²) in [5.74, 6) is -0.878. The van der Waals surface area contributed by atoms with E-state index in [0.29, 0.717) is 25.1 Å². The summed E-state index contributed by atoms with van der Waals surface area (Å²) < 4.78 is 38.4. The zero-order valence-corrected chi connectivity index (χ0v) is 12.1. The summed E-state index contributed by atoms with van der Waals surface area (Å²) in [5, 5.41) is 8.82. The summed E-state index contributed by atoms with van der Waals surface area (Å²) >= 11 is 5.57. The summed E-state index contributed by atoms with van der Waals surface area (Å²) in [6.07, 6.45) is -4.00. The lowest BCUT2D eigenvalue weighted by atomic mass is 9.90. The van der Waals surface area contributed by atoms with Gasteiger partial charge in [-0.05, 0) is 37.6 Å². The first kappa shape index (κ1) is 16.1. The van der Waals surface area contributed by atoms with E-state index in [1.54, 1.807) is 6.92 Å². The molecule has 116 valence electrons. The Hall–Kier alpha value is -1.27. The van der Waals surface area contributed by atoms with E-state index in [4.69, 9.17) is 16.7 Å². The number of likely N-dealkylation sites (tertiary alicyclic amines) is 1. The molecule has 2 rings (SSSR count). The average Bonchev–Trinajstić information content (AvgIpc) is 2.73. The van der Waals surface area contributed by atoms with Gasteiger partial charge in [-0.25, -0.2) is 0 Å². The Labute approximate surface area is 125 Å². The molecule has 1 fully saturated rings. The van der Waals surface area contributed by atoms with E-state index in [1.807, 2.05) is 4.90 Å². The number of aliphatic carboxylic acids is 1. The summed E-state index contributed by atoms with van der Waals surface area (Å²) in [4.78, 5) is 13.0. The van der Waals surface area contributed by atoms with Crippen LogP contribution in [-0.4, -0.2) is 29.1 Å². The van der Waals surface area contributed by atoms with Crippen LogP contribution < -0.4 is 0 Å². The molecule has 1 saturated heterocycles. The van der Waals surface area contributed by atoms with Gasteiger partial charge in [0.1, 0.15) is 0 Å². The third kappa shape index (κ3) is 3.49. The second kappa shape index (κ2) is 5.50. The number of nitrogens with zero attached hydrogens (tertiary/aromatic N) is 1. The van der Waals surface area contributed by atoms with Crippen molar-refractivity contribution >= 4 is 17.6 Å². The zero-order valence-electron chi connectivity index (χ0n) is 11.4. The van der Waals surface area contributed by atoms with Crippen molar-refractivity contribution in [1.29, 1.82) is 0 Å². The molecule has 0 spiro atoms. The molecule has 0 aliphatic carbocycles. The van der Waals surface area contributed by atoms with Gasteiger partial charge in [-0.2, -0.15) is 13.2 Å². The van der Waals surface area contributed by atoms with Crippen LogP contribution in [0.1, 0.15) is 24.5 Å². The van der Waals surface area contributed by atoms with Crippen molar-refractivity contribution in [2.75, 3.05) is 13.1 Å². The molecule has 1 unspecified atom stereocenters. The van der Waals surface area contributed by atoms with E-state index >= 15 is 0 Å². The second-order valence-electron chi connectivity index (χ2n) is 5.64. The molecule has 0 aromatic heterocycles. The number of rotatable bonds is 3. The first-order valence-electron chi connectivity index (χ1n) is 6.43. The van der Waals surface area contributed by atoms with E-state index in [9.17, 15) is 18.0 Å². The molecule has 1 heterocycles. The predicted molar refractivity (Wildman–Crippen MR) is 72.1 cm³/mol. The number of carbonyl (C=O) groups is 1. The first-order chi connectivity index (χ1) is 9.62. The Balaban J connectivity index is 2.13. The van der Waals surface area contributed by atoms with Crippen molar-refractivity contribution in [3.05, 3.63) is 34.3 Å². The molecule has 1 aliphatic heterocycles. The number of hydrogen-bond donors (Lipinski definition) is 1. The lowest BCUT2D eigenvalue weighted by Crippen LogP contribution is -2.31. The molecule has 0 saturated carbocycles. The van der Waals surface area contributed by atoms with Crippen LogP contribution in [0.2, 0.25) is 5.02 Å². The highest BCUT2D eigenvalue weighted by atomic mass is 35.5. The molecule has 7 heteroatoms. The Bertz CT molecular complexity index is 562. The minimum atomic E-state index is -4.49. The third-order valence-corrected chi connectivity index (χ3v) is 4.14. The van der Waals surface area contributed by atoms with Crippen LogP contribution in [0.3, 0.4) is 0 Å². The quantitative estimate of drug-likeness (QED) is 0.923. The molecule has 1 N–H and O–H groups in total. The molecule has 0 amide bonds. The molecule has 0 radical (unpaired) electrons. The fraction of sp³-hybridized carbons (Fsp3) is 0.500. The van der Waals surface area contributed by atoms with Crippen LogP contribution in [0.15, 0.2) is 18.2 Å². The predicted octanol–water partition coefficient (Wildman–Crippen LogP) is 3.66. The molecule has 1 aromatic rings. The van der Waals surface area contributed by atoms with Crippen molar-refractivity contribution in [2.45, 2.75) is 26.1 Å². The van der Waals surface area contributed by atoms with Crippen molar-refractivity contribution in [3.8, 4) is 0 Å². The van der Waals surface area contributed by atoms with Gasteiger partial charge in [-0.15, -0.1) is 0 Å². The number of hydrogen-bond acceptors (Lipinski definition) is 2. The van der Waals surface area contributed by atoms with Gasteiger partial charge >= 0.3 is 12.1 Å². The molecule has 1 aliphatic rings. The number of halogens is 4. The number of benzene rings is 1. The fourth-order valence-corrected chi connectivity index (χ4v) is 2.74. The van der Waals surface area contributed by atoms with Gasteiger partial charge in [0.15, 0.2) is 0 Å². The van der Waals surface area contributed by atoms with Crippen molar-refractivity contribution in [2.24, 2.45) is 5.41 Å². The number of carboxylic acid groups (broad SMARTS) is 1. The summed E-state index contributed by atoms with van der Waals surface area (Å²) in [6.45, 7) is 2.81. The highest BCUT2D eigenvalue weighted by Gasteiger charge is 2.40. The molecule has 0 bridgehead atoms. The lowest BCUT2D eigenvalue weighted by molar-refractivity contribution is -0.147. The molecular weight excluding hydrogens is 307 g/mol. The Morgan fingerprint density at radius 1 is 1.48 bits per heavy atom. The van der Waals surface area contributed by atoms with Crippen LogP contribution in [0.5, 0.6) is 0 Å². The van der Waals surface area contributed by atoms with Gasteiger partial charge < -0.3 is 5.11 Å². The topological polar surface area (TPSA) is 40.5 Å². The average molecular weight is 322 g/mol. The highest BCUT2D eigenvalue weighted by molar-refractivity contribution is 6.31. The van der Waals surface area contributed by atoms with Gasteiger partial charge in [-0.3, -0.25) is 9.69 Å². The molecule has 3 nitrogen and oxygen atoms in total.